The summed E-state index contributed by atoms with van der Waals surface area (Å²) in [7, 11) is 3.34. The van der Waals surface area contributed by atoms with Gasteiger partial charge in [-0.2, -0.15) is 18.3 Å². The number of carboxylic acid groups (broad SMARTS) is 1. The number of nitrogens with two attached hydrogens (primary N) is 1. The second kappa shape index (κ2) is 10.8. The molecular weight excluding hydrogens is 529 g/mol. The molecule has 0 amide bonds. The van der Waals surface area contributed by atoms with Crippen LogP contribution in [0.3, 0.4) is 0 Å². The lowest BCUT2D eigenvalue weighted by molar-refractivity contribution is -0.192. The maximum atomic E-state index is 14.9. The predicted octanol–water partition coefficient (Wildman–Crippen LogP) is 2.76. The number of fused-ring (bicyclic) bond motifs is 2. The van der Waals surface area contributed by atoms with Crippen LogP contribution in [0.5, 0.6) is 0 Å². The number of ether oxygens (including phenoxy) is 1. The summed E-state index contributed by atoms with van der Waals surface area (Å²) in [6, 6.07) is 3.32. The number of carboxylic acids is 1. The number of imidazole rings is 1. The zero-order valence-corrected chi connectivity index (χ0v) is 20.6. The number of halogens is 5. The summed E-state index contributed by atoms with van der Waals surface area (Å²) >= 11 is 0. The van der Waals surface area contributed by atoms with Gasteiger partial charge in [0.1, 0.15) is 22.8 Å². The van der Waals surface area contributed by atoms with Gasteiger partial charge in [-0.05, 0) is 18.4 Å². The van der Waals surface area contributed by atoms with Crippen LogP contribution in [-0.2, 0) is 16.6 Å². The van der Waals surface area contributed by atoms with Gasteiger partial charge in [0, 0.05) is 39.0 Å². The molecule has 1 aliphatic rings. The molecule has 2 atom stereocenters. The molecule has 1 aliphatic heterocycles. The van der Waals surface area contributed by atoms with Gasteiger partial charge >= 0.3 is 12.1 Å². The summed E-state index contributed by atoms with van der Waals surface area (Å²) in [4.78, 5) is 17.0. The maximum Gasteiger partial charge on any atom is 0.490 e. The van der Waals surface area contributed by atoms with E-state index in [4.69, 9.17) is 20.4 Å². The highest BCUT2D eigenvalue weighted by atomic mass is 19.4. The molecule has 4 aromatic rings. The van der Waals surface area contributed by atoms with Crippen molar-refractivity contribution in [1.82, 2.24) is 29.6 Å². The normalized spacial score (nSPS) is 17.1. The Balaban J connectivity index is 0.000000448. The Morgan fingerprint density at radius 2 is 2.00 bits per heavy atom. The smallest absolute Gasteiger partial charge is 0.475 e. The van der Waals surface area contributed by atoms with Crippen LogP contribution in [-0.4, -0.2) is 67.9 Å². The number of methoxy groups -OCH3 is 1. The van der Waals surface area contributed by atoms with Gasteiger partial charge in [0.25, 0.3) is 0 Å². The van der Waals surface area contributed by atoms with E-state index in [1.165, 1.54) is 12.4 Å². The van der Waals surface area contributed by atoms with E-state index in [0.29, 0.717) is 29.7 Å². The molecule has 0 unspecified atom stereocenters. The van der Waals surface area contributed by atoms with Crippen LogP contribution < -0.4 is 11.1 Å². The third-order valence-electron chi connectivity index (χ3n) is 6.02. The molecule has 0 bridgehead atoms. The van der Waals surface area contributed by atoms with Crippen LogP contribution >= 0.6 is 0 Å². The molecule has 1 fully saturated rings. The zero-order chi connectivity index (χ0) is 28.5. The summed E-state index contributed by atoms with van der Waals surface area (Å²) < 4.78 is 69.9. The number of hydrogen-bond donors (Lipinski definition) is 3. The van der Waals surface area contributed by atoms with Gasteiger partial charge in [-0.15, -0.1) is 0 Å². The van der Waals surface area contributed by atoms with E-state index in [9.17, 15) is 22.0 Å². The van der Waals surface area contributed by atoms with E-state index in [-0.39, 0.29) is 29.0 Å². The van der Waals surface area contributed by atoms with Crippen molar-refractivity contribution in [3.63, 3.8) is 0 Å². The molecule has 0 radical (unpaired) electrons. The Kier molecular flexibility index (Phi) is 7.70. The molecule has 206 valence electrons. The highest BCUT2D eigenvalue weighted by Gasteiger charge is 2.38. The van der Waals surface area contributed by atoms with Crippen molar-refractivity contribution < 1.29 is 36.6 Å². The highest BCUT2D eigenvalue weighted by molar-refractivity contribution is 5.93. The number of aromatic nitrogens is 5. The van der Waals surface area contributed by atoms with Crippen molar-refractivity contribution in [3.8, 4) is 11.8 Å². The number of aliphatic carboxylic acids is 1. The van der Waals surface area contributed by atoms with Gasteiger partial charge in [0.05, 0.1) is 41.0 Å². The molecule has 4 heterocycles. The first-order valence-corrected chi connectivity index (χ1v) is 11.4. The topological polar surface area (TPSA) is 133 Å². The second-order valence-electron chi connectivity index (χ2n) is 8.66. The Labute approximate surface area is 217 Å². The fraction of sp³-hybridized carbons (Fsp3) is 0.333. The molecule has 39 heavy (non-hydrogen) atoms. The van der Waals surface area contributed by atoms with Crippen LogP contribution in [0.4, 0.5) is 27.8 Å². The fourth-order valence-electron chi connectivity index (χ4n) is 4.22. The quantitative estimate of drug-likeness (QED) is 0.262. The van der Waals surface area contributed by atoms with Gasteiger partial charge in [-0.25, -0.2) is 23.5 Å². The number of rotatable bonds is 3. The van der Waals surface area contributed by atoms with Crippen LogP contribution in [0.25, 0.3) is 21.9 Å². The number of pyridine rings is 1. The molecule has 15 heteroatoms. The molecule has 3 aromatic heterocycles. The third kappa shape index (κ3) is 5.61. The third-order valence-corrected chi connectivity index (χ3v) is 6.02. The summed E-state index contributed by atoms with van der Waals surface area (Å²) in [5.74, 6) is 1.37. The Bertz CT molecular complexity index is 1600. The highest BCUT2D eigenvalue weighted by Crippen LogP contribution is 2.29. The number of alkyl halides is 3. The number of hydrogen-bond acceptors (Lipinski definition) is 7. The van der Waals surface area contributed by atoms with Crippen molar-refractivity contribution in [1.29, 1.82) is 0 Å². The van der Waals surface area contributed by atoms with E-state index >= 15 is 0 Å². The van der Waals surface area contributed by atoms with Crippen molar-refractivity contribution in [2.75, 3.05) is 26.0 Å². The Morgan fingerprint density at radius 3 is 2.67 bits per heavy atom. The van der Waals surface area contributed by atoms with Crippen LogP contribution in [0.1, 0.15) is 23.7 Å². The average molecular weight is 551 g/mol. The summed E-state index contributed by atoms with van der Waals surface area (Å²) in [6.07, 6.45) is -1.23. The number of aryl methyl sites for hydroxylation is 1. The van der Waals surface area contributed by atoms with Crippen molar-refractivity contribution in [2.45, 2.75) is 24.7 Å². The summed E-state index contributed by atoms with van der Waals surface area (Å²) in [5.41, 5.74) is 7.28. The number of carbonyl (C=O) groups is 1. The summed E-state index contributed by atoms with van der Waals surface area (Å²) in [6.45, 7) is 1.31. The van der Waals surface area contributed by atoms with Gasteiger partial charge in [-0.1, -0.05) is 5.92 Å². The summed E-state index contributed by atoms with van der Waals surface area (Å²) in [5, 5.41) is 15.7. The Hall–Kier alpha value is -4.29. The SMILES string of the molecule is COC[C@H]1C[C@H](n2nc(C#Cc3c(F)cc4c(ncn4C)c3F)c3c(N)nccc32)CN1.O=C(O)C(F)(F)F. The first kappa shape index (κ1) is 27.7. The number of anilines is 1. The van der Waals surface area contributed by atoms with E-state index in [1.54, 1.807) is 24.9 Å². The minimum absolute atomic E-state index is 0.0633. The number of nitrogen functional groups attached to an aromatic ring is 1. The lowest BCUT2D eigenvalue weighted by Crippen LogP contribution is -2.25. The van der Waals surface area contributed by atoms with Crippen molar-refractivity contribution in [2.24, 2.45) is 7.05 Å². The van der Waals surface area contributed by atoms with Crippen molar-refractivity contribution in [3.05, 3.63) is 47.5 Å². The molecule has 0 spiro atoms. The zero-order valence-electron chi connectivity index (χ0n) is 20.6. The average Bonchev–Trinajstić information content (AvgIpc) is 3.57. The molecule has 10 nitrogen and oxygen atoms in total. The molecule has 4 N–H and O–H groups in total. The number of nitrogens with zero attached hydrogens (tertiary/aromatic N) is 5. The first-order valence-electron chi connectivity index (χ1n) is 11.4. The molecule has 0 saturated carbocycles. The van der Waals surface area contributed by atoms with Gasteiger partial charge in [-0.3, -0.25) is 4.68 Å². The van der Waals surface area contributed by atoms with Gasteiger partial charge < -0.3 is 25.5 Å². The van der Waals surface area contributed by atoms with Crippen molar-refractivity contribution >= 4 is 33.7 Å². The van der Waals surface area contributed by atoms with Crippen LogP contribution in [0.15, 0.2) is 24.7 Å². The Morgan fingerprint density at radius 1 is 1.28 bits per heavy atom. The maximum absolute atomic E-state index is 14.9. The van der Waals surface area contributed by atoms with Crippen LogP contribution in [0.2, 0.25) is 0 Å². The number of benzene rings is 1. The molecule has 1 saturated heterocycles. The molecular formula is C24H22F5N7O3. The molecule has 0 aliphatic carbocycles. The minimum atomic E-state index is -5.08. The fourth-order valence-corrected chi connectivity index (χ4v) is 4.22. The van der Waals surface area contributed by atoms with E-state index in [2.05, 4.69) is 32.2 Å². The van der Waals surface area contributed by atoms with Crippen LogP contribution in [0, 0.1) is 23.5 Å². The van der Waals surface area contributed by atoms with E-state index in [0.717, 1.165) is 11.9 Å². The lowest BCUT2D eigenvalue weighted by Gasteiger charge is -2.11. The predicted molar refractivity (Wildman–Crippen MR) is 130 cm³/mol. The monoisotopic (exact) mass is 551 g/mol. The largest absolute Gasteiger partial charge is 0.490 e. The second-order valence-corrected chi connectivity index (χ2v) is 8.66. The number of nitrogens with one attached hydrogen (secondary N) is 1. The molecule has 5 rings (SSSR count). The van der Waals surface area contributed by atoms with E-state index < -0.39 is 23.8 Å². The standard InChI is InChI=1S/C22H21F2N7O.C2HF3O2/c1-30-11-28-21-18(30)8-15(23)14(20(21)24)3-4-16-19-17(5-6-26-22(19)25)31(29-16)13-7-12(10-32-2)27-9-13;3-2(4,5)1(6)7/h5-6,8,11-13,27H,7,9-10H2,1-2H3,(H2,25,26);(H,6,7)/t12-,13+;/m1./s1. The molecule has 1 aromatic carbocycles. The minimum Gasteiger partial charge on any atom is -0.475 e. The van der Waals surface area contributed by atoms with E-state index in [1.807, 2.05) is 10.7 Å². The lowest BCUT2D eigenvalue weighted by atomic mass is 10.1. The van der Waals surface area contributed by atoms with Gasteiger partial charge in [0.2, 0.25) is 0 Å². The first-order chi connectivity index (χ1) is 18.4. The van der Waals surface area contributed by atoms with Gasteiger partial charge in [0.15, 0.2) is 5.82 Å².